The molecule has 0 aliphatic rings. The van der Waals surface area contributed by atoms with Crippen molar-refractivity contribution in [3.63, 3.8) is 0 Å². The van der Waals surface area contributed by atoms with Crippen molar-refractivity contribution in [1.29, 1.82) is 0 Å². The summed E-state index contributed by atoms with van der Waals surface area (Å²) in [5.74, 6) is 0.516. The average Bonchev–Trinajstić information content (AvgIpc) is 2.52. The lowest BCUT2D eigenvalue weighted by Crippen LogP contribution is -2.58. The highest BCUT2D eigenvalue weighted by Crippen LogP contribution is 2.16. The predicted molar refractivity (Wildman–Crippen MR) is 103 cm³/mol. The number of aliphatic hydroxyl groups is 1. The van der Waals surface area contributed by atoms with Crippen LogP contribution in [0.25, 0.3) is 0 Å². The van der Waals surface area contributed by atoms with Gasteiger partial charge in [0, 0.05) is 12.1 Å². The van der Waals surface area contributed by atoms with E-state index < -0.39 is 12.3 Å². The van der Waals surface area contributed by atoms with Crippen LogP contribution in [0.4, 0.5) is 4.79 Å². The number of nitrogens with two attached hydrogens (primary N) is 1. The standard InChI is InChI=1S/C20H35N3O2/c1-15(2)13-14-23(20(3,4)5)19(25)22-18(21)17(24)12-11-16-9-7-6-8-10-16/h6-10,15,17-18,24H,11-14,21H2,1-5H3,(H,22,25). The van der Waals surface area contributed by atoms with Crippen LogP contribution < -0.4 is 11.1 Å². The van der Waals surface area contributed by atoms with E-state index in [1.165, 1.54) is 0 Å². The van der Waals surface area contributed by atoms with Crippen LogP contribution in [0, 0.1) is 5.92 Å². The Bertz CT molecular complexity index is 511. The van der Waals surface area contributed by atoms with Crippen LogP contribution in [0.15, 0.2) is 30.3 Å². The van der Waals surface area contributed by atoms with Gasteiger partial charge in [0.05, 0.1) is 6.10 Å². The van der Waals surface area contributed by atoms with Gasteiger partial charge in [0.1, 0.15) is 6.17 Å². The third kappa shape index (κ3) is 7.88. The number of hydrogen-bond acceptors (Lipinski definition) is 3. The lowest BCUT2D eigenvalue weighted by atomic mass is 10.0. The van der Waals surface area contributed by atoms with E-state index in [4.69, 9.17) is 5.73 Å². The number of hydrogen-bond donors (Lipinski definition) is 3. The summed E-state index contributed by atoms with van der Waals surface area (Å²) in [5, 5.41) is 13.0. The van der Waals surface area contributed by atoms with Crippen LogP contribution in [0.2, 0.25) is 0 Å². The Hall–Kier alpha value is -1.59. The lowest BCUT2D eigenvalue weighted by molar-refractivity contribution is 0.103. The molecule has 0 aromatic heterocycles. The van der Waals surface area contributed by atoms with E-state index in [9.17, 15) is 9.90 Å². The Balaban J connectivity index is 2.56. The minimum atomic E-state index is -0.781. The molecule has 5 heteroatoms. The van der Waals surface area contributed by atoms with Crippen molar-refractivity contribution in [2.45, 2.75) is 71.7 Å². The third-order valence-electron chi connectivity index (χ3n) is 4.26. The summed E-state index contributed by atoms with van der Waals surface area (Å²) in [6.07, 6.45) is 0.599. The van der Waals surface area contributed by atoms with E-state index in [1.807, 2.05) is 51.1 Å². The van der Waals surface area contributed by atoms with Crippen molar-refractivity contribution < 1.29 is 9.90 Å². The molecular formula is C20H35N3O2. The fourth-order valence-corrected chi connectivity index (χ4v) is 2.58. The van der Waals surface area contributed by atoms with Crippen molar-refractivity contribution >= 4 is 6.03 Å². The molecule has 1 aromatic rings. The Morgan fingerprint density at radius 2 is 1.80 bits per heavy atom. The van der Waals surface area contributed by atoms with E-state index >= 15 is 0 Å². The molecule has 1 rings (SSSR count). The average molecular weight is 350 g/mol. The Labute approximate surface area is 152 Å². The number of aryl methyl sites for hydroxylation is 1. The molecule has 0 radical (unpaired) electrons. The molecule has 2 amide bonds. The molecule has 0 spiro atoms. The van der Waals surface area contributed by atoms with Gasteiger partial charge in [-0.3, -0.25) is 0 Å². The van der Waals surface area contributed by atoms with Crippen LogP contribution in [0.3, 0.4) is 0 Å². The van der Waals surface area contributed by atoms with Gasteiger partial charge in [0.25, 0.3) is 0 Å². The zero-order valence-electron chi connectivity index (χ0n) is 16.3. The molecule has 2 unspecified atom stereocenters. The maximum Gasteiger partial charge on any atom is 0.319 e. The molecule has 0 aliphatic carbocycles. The van der Waals surface area contributed by atoms with Gasteiger partial charge in [-0.15, -0.1) is 0 Å². The first-order valence-electron chi connectivity index (χ1n) is 9.17. The number of rotatable bonds is 8. The zero-order valence-corrected chi connectivity index (χ0v) is 16.3. The highest BCUT2D eigenvalue weighted by atomic mass is 16.3. The molecule has 1 aromatic carbocycles. The van der Waals surface area contributed by atoms with Gasteiger partial charge in [-0.1, -0.05) is 44.2 Å². The molecule has 4 N–H and O–H groups in total. The highest BCUT2D eigenvalue weighted by Gasteiger charge is 2.28. The molecule has 0 bridgehead atoms. The number of carbonyl (C=O) groups excluding carboxylic acids is 1. The number of benzene rings is 1. The normalized spacial score (nSPS) is 14.2. The summed E-state index contributed by atoms with van der Waals surface area (Å²) in [6, 6.07) is 9.72. The molecule has 5 nitrogen and oxygen atoms in total. The summed E-state index contributed by atoms with van der Waals surface area (Å²) in [4.78, 5) is 14.4. The largest absolute Gasteiger partial charge is 0.390 e. The minimum absolute atomic E-state index is 0.223. The first-order valence-corrected chi connectivity index (χ1v) is 9.17. The second-order valence-corrected chi connectivity index (χ2v) is 8.07. The molecule has 0 saturated carbocycles. The van der Waals surface area contributed by atoms with Crippen LogP contribution in [-0.2, 0) is 6.42 Å². The lowest BCUT2D eigenvalue weighted by Gasteiger charge is -2.37. The molecule has 0 heterocycles. The van der Waals surface area contributed by atoms with Gasteiger partial charge in [-0.2, -0.15) is 0 Å². The molecular weight excluding hydrogens is 314 g/mol. The minimum Gasteiger partial charge on any atom is -0.390 e. The zero-order chi connectivity index (χ0) is 19.0. The summed E-state index contributed by atoms with van der Waals surface area (Å²) in [6.45, 7) is 11.0. The molecule has 0 aliphatic heterocycles. The van der Waals surface area contributed by atoms with E-state index in [0.717, 1.165) is 18.4 Å². The first kappa shape index (κ1) is 21.5. The summed E-state index contributed by atoms with van der Waals surface area (Å²) < 4.78 is 0. The van der Waals surface area contributed by atoms with Crippen LogP contribution in [-0.4, -0.2) is 40.4 Å². The van der Waals surface area contributed by atoms with Crippen LogP contribution in [0.1, 0.15) is 53.0 Å². The maximum atomic E-state index is 12.6. The predicted octanol–water partition coefficient (Wildman–Crippen LogP) is 3.12. The van der Waals surface area contributed by atoms with Crippen molar-refractivity contribution in [3.8, 4) is 0 Å². The Morgan fingerprint density at radius 3 is 2.32 bits per heavy atom. The van der Waals surface area contributed by atoms with Gasteiger partial charge >= 0.3 is 6.03 Å². The van der Waals surface area contributed by atoms with Crippen molar-refractivity contribution in [2.75, 3.05) is 6.54 Å². The number of carbonyl (C=O) groups is 1. The second-order valence-electron chi connectivity index (χ2n) is 8.07. The van der Waals surface area contributed by atoms with E-state index in [-0.39, 0.29) is 11.6 Å². The molecule has 25 heavy (non-hydrogen) atoms. The van der Waals surface area contributed by atoms with Crippen molar-refractivity contribution in [2.24, 2.45) is 11.7 Å². The Morgan fingerprint density at radius 1 is 1.20 bits per heavy atom. The first-order chi connectivity index (χ1) is 11.6. The topological polar surface area (TPSA) is 78.6 Å². The number of nitrogens with zero attached hydrogens (tertiary/aromatic N) is 1. The van der Waals surface area contributed by atoms with Crippen molar-refractivity contribution in [3.05, 3.63) is 35.9 Å². The molecule has 0 saturated heterocycles. The van der Waals surface area contributed by atoms with Gasteiger partial charge < -0.3 is 21.1 Å². The van der Waals surface area contributed by atoms with Crippen LogP contribution >= 0.6 is 0 Å². The van der Waals surface area contributed by atoms with Gasteiger partial charge in [-0.05, 0) is 51.5 Å². The number of urea groups is 1. The number of amides is 2. The van der Waals surface area contributed by atoms with Gasteiger partial charge in [-0.25, -0.2) is 4.79 Å². The molecule has 2 atom stereocenters. The number of aliphatic hydroxyl groups excluding tert-OH is 1. The summed E-state index contributed by atoms with van der Waals surface area (Å²) in [5.41, 5.74) is 6.86. The fraction of sp³-hybridized carbons (Fsp3) is 0.650. The monoisotopic (exact) mass is 349 g/mol. The van der Waals surface area contributed by atoms with Gasteiger partial charge in [0.15, 0.2) is 0 Å². The highest BCUT2D eigenvalue weighted by molar-refractivity contribution is 5.75. The quantitative estimate of drug-likeness (QED) is 0.631. The van der Waals surface area contributed by atoms with Gasteiger partial charge in [0.2, 0.25) is 0 Å². The molecule has 0 fully saturated rings. The van der Waals surface area contributed by atoms with E-state index in [2.05, 4.69) is 19.2 Å². The van der Waals surface area contributed by atoms with Crippen LogP contribution in [0.5, 0.6) is 0 Å². The summed E-state index contributed by atoms with van der Waals surface area (Å²) >= 11 is 0. The summed E-state index contributed by atoms with van der Waals surface area (Å²) in [7, 11) is 0. The van der Waals surface area contributed by atoms with E-state index in [1.54, 1.807) is 4.90 Å². The SMILES string of the molecule is CC(C)CCN(C(=O)NC(N)C(O)CCc1ccccc1)C(C)(C)C. The Kier molecular flexibility index (Phi) is 8.39. The van der Waals surface area contributed by atoms with E-state index in [0.29, 0.717) is 18.9 Å². The maximum absolute atomic E-state index is 12.6. The molecule has 142 valence electrons. The fourth-order valence-electron chi connectivity index (χ4n) is 2.58. The smallest absolute Gasteiger partial charge is 0.319 e. The number of nitrogens with one attached hydrogen (secondary N) is 1. The second kappa shape index (κ2) is 9.78. The van der Waals surface area contributed by atoms with Crippen molar-refractivity contribution in [1.82, 2.24) is 10.2 Å². The third-order valence-corrected chi connectivity index (χ3v) is 4.26.